The van der Waals surface area contributed by atoms with Crippen molar-refractivity contribution in [3.8, 4) is 27.9 Å². The molecule has 9 aromatic rings. The lowest BCUT2D eigenvalue weighted by Gasteiger charge is -2.28. The van der Waals surface area contributed by atoms with E-state index < -0.39 is 0 Å². The van der Waals surface area contributed by atoms with Gasteiger partial charge in [0.1, 0.15) is 0 Å². The molecule has 0 unspecified atom stereocenters. The van der Waals surface area contributed by atoms with Crippen LogP contribution in [0.15, 0.2) is 182 Å². The van der Waals surface area contributed by atoms with Gasteiger partial charge in [-0.25, -0.2) is 0 Å². The lowest BCUT2D eigenvalue weighted by Crippen LogP contribution is -2.17. The highest BCUT2D eigenvalue weighted by molar-refractivity contribution is 6.09. The molecule has 0 spiro atoms. The predicted molar refractivity (Wildman–Crippen MR) is 216 cm³/mol. The molecular formula is C49H36N2. The molecule has 0 fully saturated rings. The quantitative estimate of drug-likeness (QED) is 0.180. The highest BCUT2D eigenvalue weighted by atomic mass is 15.1. The van der Waals surface area contributed by atoms with Gasteiger partial charge in [0.25, 0.3) is 0 Å². The number of hydrogen-bond donors (Lipinski definition) is 0. The molecule has 0 N–H and O–H groups in total. The molecule has 242 valence electrons. The lowest BCUT2D eigenvalue weighted by molar-refractivity contribution is 0.660. The summed E-state index contributed by atoms with van der Waals surface area (Å²) in [6.07, 6.45) is 0. The van der Waals surface area contributed by atoms with Gasteiger partial charge in [0.15, 0.2) is 0 Å². The third kappa shape index (κ3) is 4.57. The molecule has 2 heteroatoms. The number of benzene rings is 8. The molecule has 10 rings (SSSR count). The second-order valence-corrected chi connectivity index (χ2v) is 14.2. The van der Waals surface area contributed by atoms with Crippen LogP contribution in [0.3, 0.4) is 0 Å². The summed E-state index contributed by atoms with van der Waals surface area (Å²) >= 11 is 0. The molecule has 0 aliphatic heterocycles. The van der Waals surface area contributed by atoms with Crippen LogP contribution in [0, 0.1) is 0 Å². The van der Waals surface area contributed by atoms with Crippen LogP contribution < -0.4 is 4.90 Å². The Labute approximate surface area is 298 Å². The summed E-state index contributed by atoms with van der Waals surface area (Å²) in [6.45, 7) is 4.76. The summed E-state index contributed by atoms with van der Waals surface area (Å²) in [4.78, 5) is 2.40. The molecule has 2 nitrogen and oxygen atoms in total. The van der Waals surface area contributed by atoms with Crippen LogP contribution in [0.4, 0.5) is 17.1 Å². The highest BCUT2D eigenvalue weighted by Crippen LogP contribution is 2.51. The first-order valence-electron chi connectivity index (χ1n) is 17.8. The molecule has 0 amide bonds. The molecular weight excluding hydrogens is 617 g/mol. The van der Waals surface area contributed by atoms with Crippen molar-refractivity contribution >= 4 is 49.6 Å². The van der Waals surface area contributed by atoms with Crippen LogP contribution in [0.5, 0.6) is 0 Å². The highest BCUT2D eigenvalue weighted by Gasteiger charge is 2.36. The van der Waals surface area contributed by atoms with E-state index >= 15 is 0 Å². The van der Waals surface area contributed by atoms with Crippen molar-refractivity contribution in [2.45, 2.75) is 19.3 Å². The molecule has 1 aromatic heterocycles. The zero-order chi connectivity index (χ0) is 34.1. The van der Waals surface area contributed by atoms with Crippen LogP contribution in [-0.4, -0.2) is 4.57 Å². The summed E-state index contributed by atoms with van der Waals surface area (Å²) in [5.74, 6) is 0. The monoisotopic (exact) mass is 652 g/mol. The van der Waals surface area contributed by atoms with Crippen molar-refractivity contribution < 1.29 is 0 Å². The number of anilines is 3. The summed E-state index contributed by atoms with van der Waals surface area (Å²) in [7, 11) is 0. The van der Waals surface area contributed by atoms with Gasteiger partial charge in [-0.3, -0.25) is 0 Å². The Hall–Kier alpha value is -6.38. The van der Waals surface area contributed by atoms with Crippen molar-refractivity contribution in [1.29, 1.82) is 0 Å². The van der Waals surface area contributed by atoms with E-state index in [-0.39, 0.29) is 5.41 Å². The Bertz CT molecular complexity index is 2730. The fourth-order valence-corrected chi connectivity index (χ4v) is 8.51. The third-order valence-electron chi connectivity index (χ3n) is 11.0. The lowest BCUT2D eigenvalue weighted by atomic mass is 9.82. The second kappa shape index (κ2) is 11.3. The molecule has 1 heterocycles. The Balaban J connectivity index is 1.10. The van der Waals surface area contributed by atoms with Gasteiger partial charge in [0.05, 0.1) is 11.0 Å². The summed E-state index contributed by atoms with van der Waals surface area (Å²) in [5.41, 5.74) is 14.7. The fraction of sp³-hybridized carbons (Fsp3) is 0.0612. The van der Waals surface area contributed by atoms with Gasteiger partial charge in [-0.1, -0.05) is 135 Å². The predicted octanol–water partition coefficient (Wildman–Crippen LogP) is 13.4. The molecule has 0 saturated heterocycles. The number of para-hydroxylation sites is 3. The van der Waals surface area contributed by atoms with E-state index in [1.807, 2.05) is 0 Å². The minimum atomic E-state index is -0.192. The zero-order valence-corrected chi connectivity index (χ0v) is 28.7. The maximum Gasteiger partial charge on any atom is 0.0541 e. The smallest absolute Gasteiger partial charge is 0.0541 e. The van der Waals surface area contributed by atoms with E-state index in [1.54, 1.807) is 0 Å². The minimum absolute atomic E-state index is 0.192. The second-order valence-electron chi connectivity index (χ2n) is 14.2. The van der Waals surface area contributed by atoms with E-state index in [2.05, 4.69) is 205 Å². The molecule has 51 heavy (non-hydrogen) atoms. The van der Waals surface area contributed by atoms with Gasteiger partial charge in [0.2, 0.25) is 0 Å². The Morgan fingerprint density at radius 1 is 0.412 bits per heavy atom. The number of rotatable bonds is 5. The average Bonchev–Trinajstić information content (AvgIpc) is 3.63. The first kappa shape index (κ1) is 29.5. The summed E-state index contributed by atoms with van der Waals surface area (Å²) in [5, 5.41) is 5.08. The summed E-state index contributed by atoms with van der Waals surface area (Å²) in [6, 6.07) is 66.6. The largest absolute Gasteiger partial charge is 0.310 e. The Kier molecular flexibility index (Phi) is 6.56. The number of aromatic nitrogens is 1. The molecule has 1 aliphatic carbocycles. The first-order chi connectivity index (χ1) is 25.1. The SMILES string of the molecule is CC1(C)c2cc(N(c3ccccc3)c3cccc(-c4cccc5ccccc45)c3)ccc2-c2ccc(-n3c4ccccc4c4ccccc43)cc21. The van der Waals surface area contributed by atoms with Crippen LogP contribution >= 0.6 is 0 Å². The minimum Gasteiger partial charge on any atom is -0.310 e. The van der Waals surface area contributed by atoms with E-state index in [4.69, 9.17) is 0 Å². The maximum atomic E-state index is 2.43. The zero-order valence-electron chi connectivity index (χ0n) is 28.7. The van der Waals surface area contributed by atoms with Crippen molar-refractivity contribution in [2.24, 2.45) is 0 Å². The molecule has 0 bridgehead atoms. The van der Waals surface area contributed by atoms with Crippen LogP contribution in [0.2, 0.25) is 0 Å². The van der Waals surface area contributed by atoms with Crippen molar-refractivity contribution in [3.63, 3.8) is 0 Å². The van der Waals surface area contributed by atoms with Crippen molar-refractivity contribution in [1.82, 2.24) is 4.57 Å². The van der Waals surface area contributed by atoms with Crippen LogP contribution in [0.1, 0.15) is 25.0 Å². The molecule has 0 saturated carbocycles. The van der Waals surface area contributed by atoms with Gasteiger partial charge in [-0.15, -0.1) is 0 Å². The van der Waals surface area contributed by atoms with E-state index in [0.29, 0.717) is 0 Å². The topological polar surface area (TPSA) is 8.17 Å². The summed E-state index contributed by atoms with van der Waals surface area (Å²) < 4.78 is 2.43. The van der Waals surface area contributed by atoms with Crippen LogP contribution in [-0.2, 0) is 5.41 Å². The van der Waals surface area contributed by atoms with E-state index in [0.717, 1.165) is 17.1 Å². The normalized spacial score (nSPS) is 13.1. The average molecular weight is 653 g/mol. The molecule has 1 aliphatic rings. The molecule has 8 aromatic carbocycles. The standard InChI is InChI=1S/C49H36N2/c1-49(2)45-31-37(50(35-17-4-3-5-18-35)36-19-12-16-34(30-36)40-23-13-15-33-14-6-7-20-39(33)40)26-28-41(45)42-29-27-38(32-46(42)49)51-47-24-10-8-21-43(47)44-22-9-11-25-48(44)51/h3-32H,1-2H3. The van der Waals surface area contributed by atoms with Gasteiger partial charge in [0, 0.05) is 38.9 Å². The van der Waals surface area contributed by atoms with Crippen molar-refractivity contribution in [3.05, 3.63) is 193 Å². The Morgan fingerprint density at radius 2 is 0.980 bits per heavy atom. The fourth-order valence-electron chi connectivity index (χ4n) is 8.51. The molecule has 0 atom stereocenters. The molecule has 0 radical (unpaired) electrons. The Morgan fingerprint density at radius 3 is 1.75 bits per heavy atom. The van der Waals surface area contributed by atoms with Gasteiger partial charge in [-0.05, 0) is 105 Å². The number of hydrogen-bond acceptors (Lipinski definition) is 1. The number of fused-ring (bicyclic) bond motifs is 7. The van der Waals surface area contributed by atoms with Crippen molar-refractivity contribution in [2.75, 3.05) is 4.90 Å². The van der Waals surface area contributed by atoms with E-state index in [9.17, 15) is 0 Å². The number of nitrogens with zero attached hydrogens (tertiary/aromatic N) is 2. The maximum absolute atomic E-state index is 2.43. The first-order valence-corrected chi connectivity index (χ1v) is 17.8. The van der Waals surface area contributed by atoms with Crippen LogP contribution in [0.25, 0.3) is 60.5 Å². The van der Waals surface area contributed by atoms with Gasteiger partial charge in [-0.2, -0.15) is 0 Å². The third-order valence-corrected chi connectivity index (χ3v) is 11.0. The van der Waals surface area contributed by atoms with Gasteiger partial charge >= 0.3 is 0 Å². The van der Waals surface area contributed by atoms with E-state index in [1.165, 1.54) is 71.6 Å². The van der Waals surface area contributed by atoms with Gasteiger partial charge < -0.3 is 9.47 Å².